The molecule has 10 heteroatoms. The van der Waals surface area contributed by atoms with Gasteiger partial charge in [-0.15, -0.1) is 0 Å². The van der Waals surface area contributed by atoms with E-state index in [4.69, 9.17) is 28.4 Å². The largest absolute Gasteiger partial charge is 0.463 e. The van der Waals surface area contributed by atoms with Gasteiger partial charge in [0.05, 0.1) is 19.8 Å². The number of esters is 2. The highest BCUT2D eigenvalue weighted by atomic mass is 16.7. The zero-order chi connectivity index (χ0) is 45.4. The number of ether oxygens (including phenoxy) is 6. The van der Waals surface area contributed by atoms with Crippen LogP contribution in [0.2, 0.25) is 0 Å². The second kappa shape index (κ2) is 38.8. The fourth-order valence-corrected chi connectivity index (χ4v) is 7.67. The Hall–Kier alpha value is -3.44. The summed E-state index contributed by atoms with van der Waals surface area (Å²) in [5.74, 6) is -0.296. The van der Waals surface area contributed by atoms with Crippen LogP contribution in [0.4, 0.5) is 0 Å². The van der Waals surface area contributed by atoms with Crippen LogP contribution in [-0.2, 0) is 38.0 Å². The van der Waals surface area contributed by atoms with Crippen molar-refractivity contribution in [1.29, 1.82) is 0 Å². The van der Waals surface area contributed by atoms with Crippen molar-refractivity contribution in [2.45, 2.75) is 218 Å². The quantitative estimate of drug-likeness (QED) is 0.0376. The van der Waals surface area contributed by atoms with E-state index < -0.39 is 12.6 Å². The van der Waals surface area contributed by atoms with Gasteiger partial charge in [-0.3, -0.25) is 19.6 Å². The molecule has 0 aromatic carbocycles. The van der Waals surface area contributed by atoms with Crippen molar-refractivity contribution in [3.8, 4) is 0 Å². The molecule has 0 amide bonds. The maximum atomic E-state index is 12.0. The number of aromatic nitrogens is 2. The average Bonchev–Trinajstić information content (AvgIpc) is 3.81. The summed E-state index contributed by atoms with van der Waals surface area (Å²) in [5.41, 5.74) is 1.76. The third-order valence-electron chi connectivity index (χ3n) is 11.5. The number of rotatable bonds is 35. The van der Waals surface area contributed by atoms with Crippen LogP contribution in [0, 0.1) is 0 Å². The fraction of sp³-hybridized carbons (Fsp3) is 0.704. The number of hydrogen-bond donors (Lipinski definition) is 0. The van der Waals surface area contributed by atoms with Crippen molar-refractivity contribution in [2.24, 2.45) is 0 Å². The van der Waals surface area contributed by atoms with E-state index in [0.717, 1.165) is 36.8 Å². The van der Waals surface area contributed by atoms with Crippen molar-refractivity contribution in [1.82, 2.24) is 9.97 Å². The van der Waals surface area contributed by atoms with Crippen molar-refractivity contribution in [3.05, 3.63) is 84.5 Å². The van der Waals surface area contributed by atoms with Gasteiger partial charge in [0.25, 0.3) is 0 Å². The second-order valence-corrected chi connectivity index (χ2v) is 17.5. The highest BCUT2D eigenvalue weighted by Gasteiger charge is 2.29. The van der Waals surface area contributed by atoms with Gasteiger partial charge in [-0.05, 0) is 76.3 Å². The summed E-state index contributed by atoms with van der Waals surface area (Å²) in [5, 5.41) is 0. The highest BCUT2D eigenvalue weighted by molar-refractivity contribution is 5.69. The lowest BCUT2D eigenvalue weighted by Gasteiger charge is -2.29. The summed E-state index contributed by atoms with van der Waals surface area (Å²) >= 11 is 0. The van der Waals surface area contributed by atoms with Crippen molar-refractivity contribution >= 4 is 11.9 Å². The third kappa shape index (κ3) is 28.5. The van der Waals surface area contributed by atoms with Gasteiger partial charge in [-0.25, -0.2) is 0 Å². The molecule has 2 aromatic rings. The van der Waals surface area contributed by atoms with E-state index in [9.17, 15) is 9.59 Å². The van der Waals surface area contributed by atoms with Crippen LogP contribution >= 0.6 is 0 Å². The van der Waals surface area contributed by atoms with Gasteiger partial charge in [0.2, 0.25) is 0 Å². The Morgan fingerprint density at radius 1 is 0.547 bits per heavy atom. The molecular weight excluding hydrogens is 805 g/mol. The van der Waals surface area contributed by atoms with E-state index in [2.05, 4.69) is 48.1 Å². The molecule has 2 unspecified atom stereocenters. The van der Waals surface area contributed by atoms with E-state index >= 15 is 0 Å². The van der Waals surface area contributed by atoms with Crippen LogP contribution in [0.15, 0.2) is 73.4 Å². The van der Waals surface area contributed by atoms with Gasteiger partial charge in [0.15, 0.2) is 12.6 Å². The number of pyridine rings is 2. The molecule has 2 aliphatic rings. The van der Waals surface area contributed by atoms with E-state index in [1.165, 1.54) is 141 Å². The zero-order valence-electron chi connectivity index (χ0n) is 40.0. The van der Waals surface area contributed by atoms with Crippen molar-refractivity contribution in [3.63, 3.8) is 0 Å². The minimum atomic E-state index is -0.427. The molecule has 2 aromatic heterocycles. The molecule has 2 saturated heterocycles. The molecule has 64 heavy (non-hydrogen) atoms. The minimum Gasteiger partial charge on any atom is -0.463 e. The monoisotopic (exact) mass is 891 g/mol. The molecule has 0 bridgehead atoms. The zero-order valence-corrected chi connectivity index (χ0v) is 40.0. The summed E-state index contributed by atoms with van der Waals surface area (Å²) in [7, 11) is 0. The molecule has 2 fully saturated rings. The summed E-state index contributed by atoms with van der Waals surface area (Å²) in [6.45, 7) is 5.93. The molecule has 2 aliphatic heterocycles. The number of carbonyl (C=O) groups is 2. The molecule has 0 saturated carbocycles. The van der Waals surface area contributed by atoms with Crippen LogP contribution in [-0.4, -0.2) is 60.5 Å². The van der Waals surface area contributed by atoms with E-state index in [1.807, 2.05) is 24.3 Å². The third-order valence-corrected chi connectivity index (χ3v) is 11.5. The van der Waals surface area contributed by atoms with Crippen LogP contribution in [0.5, 0.6) is 0 Å². The maximum Gasteiger partial charge on any atom is 0.306 e. The van der Waals surface area contributed by atoms with Gasteiger partial charge in [0.1, 0.15) is 18.8 Å². The Morgan fingerprint density at radius 2 is 0.969 bits per heavy atom. The molecule has 0 aliphatic carbocycles. The molecule has 10 nitrogen and oxygen atoms in total. The first kappa shape index (κ1) is 54.9. The normalized spacial score (nSPS) is 18.6. The van der Waals surface area contributed by atoms with E-state index in [0.29, 0.717) is 32.7 Å². The lowest BCUT2D eigenvalue weighted by atomic mass is 10.1. The molecule has 4 heterocycles. The topological polar surface area (TPSA) is 115 Å². The first-order valence-electron chi connectivity index (χ1n) is 25.5. The Labute approximate surface area is 388 Å². The lowest BCUT2D eigenvalue weighted by Crippen LogP contribution is -2.35. The predicted molar refractivity (Wildman–Crippen MR) is 256 cm³/mol. The molecule has 2 atom stereocenters. The standard InChI is InChI=1S/2C27H43NO4/c1-2-3-4-5-6-7-8-9-10-11-12-13-14-15-16-19-26(29)32-25-22-30-27(31-23-25)24-18-17-20-28-21-24;1-2-3-4-5-6-7-8-9-10-11-12-13-14-15-16-19-26(29)30-22-25-23-31-27(32-25)24-18-17-20-28-21-24/h2*9-10,17-18,20-21,25,27H,2-8,11-16,19,22-23H2,1H3/b2*10-9-. The first-order chi connectivity index (χ1) is 31.6. The number of carbonyl (C=O) groups excluding carboxylic acids is 2. The van der Waals surface area contributed by atoms with Gasteiger partial charge in [-0.1, -0.05) is 153 Å². The Kier molecular flexibility index (Phi) is 33.3. The summed E-state index contributed by atoms with van der Waals surface area (Å²) < 4.78 is 33.6. The van der Waals surface area contributed by atoms with Gasteiger partial charge < -0.3 is 28.4 Å². The van der Waals surface area contributed by atoms with Gasteiger partial charge in [0, 0.05) is 48.8 Å². The number of nitrogens with zero attached hydrogens (tertiary/aromatic N) is 2. The molecule has 0 N–H and O–H groups in total. The van der Waals surface area contributed by atoms with Crippen LogP contribution < -0.4 is 0 Å². The van der Waals surface area contributed by atoms with Crippen molar-refractivity contribution < 1.29 is 38.0 Å². The van der Waals surface area contributed by atoms with E-state index in [-0.39, 0.29) is 30.8 Å². The Balaban J connectivity index is 0.000000340. The number of unbranched alkanes of at least 4 members (excludes halogenated alkanes) is 22. The highest BCUT2D eigenvalue weighted by Crippen LogP contribution is 2.27. The Morgan fingerprint density at radius 3 is 1.44 bits per heavy atom. The second-order valence-electron chi connectivity index (χ2n) is 17.5. The maximum absolute atomic E-state index is 12.0. The van der Waals surface area contributed by atoms with E-state index in [1.54, 1.807) is 24.8 Å². The molecular formula is C54H86N2O8. The van der Waals surface area contributed by atoms with Crippen LogP contribution in [0.1, 0.15) is 217 Å². The van der Waals surface area contributed by atoms with Gasteiger partial charge >= 0.3 is 11.9 Å². The minimum absolute atomic E-state index is 0.143. The van der Waals surface area contributed by atoms with Crippen molar-refractivity contribution in [2.75, 3.05) is 26.4 Å². The fourth-order valence-electron chi connectivity index (χ4n) is 7.67. The molecule has 0 spiro atoms. The van der Waals surface area contributed by atoms with Crippen LogP contribution in [0.3, 0.4) is 0 Å². The average molecular weight is 891 g/mol. The lowest BCUT2D eigenvalue weighted by molar-refractivity contribution is -0.229. The molecule has 0 radical (unpaired) electrons. The Bertz CT molecular complexity index is 1410. The molecule has 360 valence electrons. The number of hydrogen-bond acceptors (Lipinski definition) is 10. The summed E-state index contributed by atoms with van der Waals surface area (Å²) in [4.78, 5) is 32.1. The predicted octanol–water partition coefficient (Wildman–Crippen LogP) is 14.2. The van der Waals surface area contributed by atoms with Gasteiger partial charge in [-0.2, -0.15) is 0 Å². The first-order valence-corrected chi connectivity index (χ1v) is 25.5. The SMILES string of the molecule is CCCCCCCC/C=C\CCCCCCCC(=O)OC1COC(c2cccnc2)OC1.CCCCCCCC/C=C\CCCCCCCC(=O)OCC1COC(c2cccnc2)O1. The van der Waals surface area contributed by atoms with Crippen LogP contribution in [0.25, 0.3) is 0 Å². The smallest absolute Gasteiger partial charge is 0.306 e. The molecule has 4 rings (SSSR count). The summed E-state index contributed by atoms with van der Waals surface area (Å²) in [6.07, 6.45) is 48.4. The summed E-state index contributed by atoms with van der Waals surface area (Å²) in [6, 6.07) is 7.53. The number of allylic oxidation sites excluding steroid dienone is 4.